The summed E-state index contributed by atoms with van der Waals surface area (Å²) in [5.74, 6) is 2.33. The molecule has 7 heteroatoms. The molecule has 0 aliphatic rings. The van der Waals surface area contributed by atoms with Gasteiger partial charge in [-0.15, -0.1) is 0 Å². The number of anilines is 1. The first-order valence-corrected chi connectivity index (χ1v) is 7.67. The summed E-state index contributed by atoms with van der Waals surface area (Å²) in [6, 6.07) is 12.5. The van der Waals surface area contributed by atoms with Crippen molar-refractivity contribution in [3.63, 3.8) is 0 Å². The fourth-order valence-corrected chi connectivity index (χ4v) is 2.08. The summed E-state index contributed by atoms with van der Waals surface area (Å²) in [5.41, 5.74) is 6.57. The average Bonchev–Trinajstić information content (AvgIpc) is 2.60. The van der Waals surface area contributed by atoms with Gasteiger partial charge in [0.25, 0.3) is 0 Å². The number of methoxy groups -OCH3 is 2. The van der Waals surface area contributed by atoms with Crippen LogP contribution in [0.15, 0.2) is 47.5 Å². The van der Waals surface area contributed by atoms with E-state index in [0.29, 0.717) is 35.4 Å². The largest absolute Gasteiger partial charge is 0.497 e. The van der Waals surface area contributed by atoms with Crippen LogP contribution in [0.1, 0.15) is 0 Å². The van der Waals surface area contributed by atoms with Gasteiger partial charge in [0.15, 0.2) is 5.96 Å². The maximum absolute atomic E-state index is 5.89. The van der Waals surface area contributed by atoms with Crippen LogP contribution in [0.3, 0.4) is 0 Å². The van der Waals surface area contributed by atoms with Crippen molar-refractivity contribution in [3.05, 3.63) is 47.5 Å². The Balaban J connectivity index is 1.88. The zero-order chi connectivity index (χ0) is 17.4. The smallest absolute Gasteiger partial charge is 0.193 e. The molecule has 0 saturated carbocycles. The van der Waals surface area contributed by atoms with Crippen LogP contribution in [-0.2, 0) is 0 Å². The Kier molecular flexibility index (Phi) is 6.57. The molecule has 6 nitrogen and oxygen atoms in total. The molecule has 0 fully saturated rings. The number of guanidine groups is 1. The van der Waals surface area contributed by atoms with Gasteiger partial charge in [-0.3, -0.25) is 0 Å². The van der Waals surface area contributed by atoms with Crippen LogP contribution in [-0.4, -0.2) is 33.3 Å². The van der Waals surface area contributed by atoms with Crippen molar-refractivity contribution in [2.75, 3.05) is 32.7 Å². The van der Waals surface area contributed by atoms with Crippen LogP contribution in [0.2, 0.25) is 5.02 Å². The molecule has 2 rings (SSSR count). The first kappa shape index (κ1) is 17.7. The molecule has 24 heavy (non-hydrogen) atoms. The lowest BCUT2D eigenvalue weighted by Crippen LogP contribution is -2.24. The Morgan fingerprint density at radius 2 is 1.79 bits per heavy atom. The number of aliphatic imine (C=N–C) groups is 1. The minimum Gasteiger partial charge on any atom is -0.497 e. The fraction of sp³-hybridized carbons (Fsp3) is 0.235. The molecule has 0 spiro atoms. The van der Waals surface area contributed by atoms with E-state index in [9.17, 15) is 0 Å². The average molecular weight is 350 g/mol. The lowest BCUT2D eigenvalue weighted by molar-refractivity contribution is 0.329. The van der Waals surface area contributed by atoms with Gasteiger partial charge in [0, 0.05) is 11.1 Å². The highest BCUT2D eigenvalue weighted by Gasteiger charge is 2.06. The topological polar surface area (TPSA) is 78.1 Å². The Bertz CT molecular complexity index is 690. The van der Waals surface area contributed by atoms with Crippen LogP contribution < -0.4 is 25.3 Å². The van der Waals surface area contributed by atoms with Crippen LogP contribution >= 0.6 is 11.6 Å². The van der Waals surface area contributed by atoms with Gasteiger partial charge in [0.05, 0.1) is 26.5 Å². The molecule has 0 amide bonds. The predicted octanol–water partition coefficient (Wildman–Crippen LogP) is 3.16. The van der Waals surface area contributed by atoms with E-state index < -0.39 is 0 Å². The van der Waals surface area contributed by atoms with Crippen molar-refractivity contribution in [3.8, 4) is 17.2 Å². The van der Waals surface area contributed by atoms with Crippen molar-refractivity contribution in [1.82, 2.24) is 0 Å². The maximum atomic E-state index is 5.89. The number of halogens is 1. The van der Waals surface area contributed by atoms with Gasteiger partial charge in [-0.2, -0.15) is 0 Å². The molecule has 2 aromatic rings. The normalized spacial score (nSPS) is 11.0. The molecule has 0 aliphatic carbocycles. The highest BCUT2D eigenvalue weighted by molar-refractivity contribution is 6.30. The van der Waals surface area contributed by atoms with Crippen molar-refractivity contribution >= 4 is 23.2 Å². The number of ether oxygens (including phenoxy) is 3. The molecule has 0 heterocycles. The summed E-state index contributed by atoms with van der Waals surface area (Å²) < 4.78 is 16.0. The van der Waals surface area contributed by atoms with Gasteiger partial charge in [-0.1, -0.05) is 11.6 Å². The zero-order valence-electron chi connectivity index (χ0n) is 13.6. The molecular weight excluding hydrogens is 330 g/mol. The van der Waals surface area contributed by atoms with E-state index in [1.807, 2.05) is 0 Å². The molecule has 0 bridgehead atoms. The van der Waals surface area contributed by atoms with Crippen LogP contribution in [0.25, 0.3) is 0 Å². The fourth-order valence-electron chi connectivity index (χ4n) is 1.95. The van der Waals surface area contributed by atoms with E-state index in [0.717, 1.165) is 5.75 Å². The molecule has 0 unspecified atom stereocenters. The summed E-state index contributed by atoms with van der Waals surface area (Å²) in [4.78, 5) is 4.22. The second-order valence-corrected chi connectivity index (χ2v) is 5.20. The third-order valence-electron chi connectivity index (χ3n) is 3.13. The highest BCUT2D eigenvalue weighted by Crippen LogP contribution is 2.28. The SMILES string of the molecule is COc1ccc(OC)c(NC(N)=NCCOc2ccc(Cl)cc2)c1. The second kappa shape index (κ2) is 8.88. The molecule has 0 atom stereocenters. The molecule has 0 radical (unpaired) electrons. The quantitative estimate of drug-likeness (QED) is 0.456. The first-order chi connectivity index (χ1) is 11.6. The number of hydrogen-bond donors (Lipinski definition) is 2. The predicted molar refractivity (Wildman–Crippen MR) is 96.6 cm³/mol. The van der Waals surface area contributed by atoms with Gasteiger partial charge in [0.2, 0.25) is 0 Å². The third-order valence-corrected chi connectivity index (χ3v) is 3.38. The van der Waals surface area contributed by atoms with E-state index in [1.54, 1.807) is 56.7 Å². The first-order valence-electron chi connectivity index (χ1n) is 7.29. The molecule has 128 valence electrons. The molecular formula is C17H20ClN3O3. The van der Waals surface area contributed by atoms with Crippen molar-refractivity contribution in [2.45, 2.75) is 0 Å². The van der Waals surface area contributed by atoms with Crippen LogP contribution in [0.4, 0.5) is 5.69 Å². The maximum Gasteiger partial charge on any atom is 0.193 e. The molecule has 0 aliphatic heterocycles. The van der Waals surface area contributed by atoms with E-state index in [4.69, 9.17) is 31.5 Å². The monoisotopic (exact) mass is 349 g/mol. The molecule has 0 aromatic heterocycles. The van der Waals surface area contributed by atoms with E-state index in [-0.39, 0.29) is 5.96 Å². The Hall–Kier alpha value is -2.60. The van der Waals surface area contributed by atoms with Gasteiger partial charge in [0.1, 0.15) is 23.9 Å². The van der Waals surface area contributed by atoms with Crippen molar-refractivity contribution in [2.24, 2.45) is 10.7 Å². The second-order valence-electron chi connectivity index (χ2n) is 4.76. The summed E-state index contributed by atoms with van der Waals surface area (Å²) >= 11 is 5.82. The number of hydrogen-bond acceptors (Lipinski definition) is 4. The van der Waals surface area contributed by atoms with Gasteiger partial charge < -0.3 is 25.3 Å². The Labute approximate surface area is 146 Å². The van der Waals surface area contributed by atoms with Crippen molar-refractivity contribution < 1.29 is 14.2 Å². The van der Waals surface area contributed by atoms with Gasteiger partial charge in [-0.05, 0) is 36.4 Å². The highest BCUT2D eigenvalue weighted by atomic mass is 35.5. The summed E-state index contributed by atoms with van der Waals surface area (Å²) in [6.07, 6.45) is 0. The third kappa shape index (κ3) is 5.24. The minimum absolute atomic E-state index is 0.265. The van der Waals surface area contributed by atoms with Crippen molar-refractivity contribution in [1.29, 1.82) is 0 Å². The van der Waals surface area contributed by atoms with E-state index in [1.165, 1.54) is 0 Å². The molecule has 2 aromatic carbocycles. The summed E-state index contributed by atoms with van der Waals surface area (Å²) in [6.45, 7) is 0.813. The lowest BCUT2D eigenvalue weighted by Gasteiger charge is -2.12. The minimum atomic E-state index is 0.265. The summed E-state index contributed by atoms with van der Waals surface area (Å²) in [7, 11) is 3.18. The Morgan fingerprint density at radius 3 is 2.46 bits per heavy atom. The Morgan fingerprint density at radius 1 is 1.08 bits per heavy atom. The van der Waals surface area contributed by atoms with Crippen LogP contribution in [0.5, 0.6) is 17.2 Å². The van der Waals surface area contributed by atoms with E-state index >= 15 is 0 Å². The molecule has 3 N–H and O–H groups in total. The zero-order valence-corrected chi connectivity index (χ0v) is 14.3. The van der Waals surface area contributed by atoms with Gasteiger partial charge >= 0.3 is 0 Å². The number of rotatable bonds is 7. The summed E-state index contributed by atoms with van der Waals surface area (Å²) in [5, 5.41) is 3.66. The van der Waals surface area contributed by atoms with Gasteiger partial charge in [-0.25, -0.2) is 4.99 Å². The van der Waals surface area contributed by atoms with E-state index in [2.05, 4.69) is 10.3 Å². The number of benzene rings is 2. The number of nitrogens with two attached hydrogens (primary N) is 1. The van der Waals surface area contributed by atoms with Crippen LogP contribution in [0, 0.1) is 0 Å². The lowest BCUT2D eigenvalue weighted by atomic mass is 10.2. The molecule has 0 saturated heterocycles. The number of nitrogens with zero attached hydrogens (tertiary/aromatic N) is 1. The standard InChI is InChI=1S/C17H20ClN3O3/c1-22-14-7-8-16(23-2)15(11-14)21-17(19)20-9-10-24-13-5-3-12(18)4-6-13/h3-8,11H,9-10H2,1-2H3,(H3,19,20,21). The number of nitrogens with one attached hydrogen (secondary N) is 1.